The molecule has 3 nitrogen and oxygen atoms in total. The third-order valence-electron chi connectivity index (χ3n) is 8.59. The van der Waals surface area contributed by atoms with Crippen LogP contribution in [0.2, 0.25) is 0 Å². The molecule has 39 heavy (non-hydrogen) atoms. The summed E-state index contributed by atoms with van der Waals surface area (Å²) in [7, 11) is 1.81. The molecule has 1 heterocycles. The van der Waals surface area contributed by atoms with Crippen molar-refractivity contribution in [1.82, 2.24) is 5.32 Å². The molecule has 0 saturated carbocycles. The Hall–Kier alpha value is -1.58. The third kappa shape index (κ3) is 11.1. The van der Waals surface area contributed by atoms with Crippen molar-refractivity contribution in [2.24, 2.45) is 5.92 Å². The molecule has 1 aliphatic heterocycles. The fourth-order valence-corrected chi connectivity index (χ4v) is 6.44. The van der Waals surface area contributed by atoms with Gasteiger partial charge in [-0.15, -0.1) is 0 Å². The van der Waals surface area contributed by atoms with Crippen molar-refractivity contribution in [1.29, 1.82) is 0 Å². The standard InChI is InChI=1S/C36H61NO2/c1-9-11-12-13-14-15-16-17-18-19-20-21-33(39-10-2)26-31-22-24-32(25-23-31)36-34(27(3)4)28(5)37-29(6)35(36)30(7)38-8/h22-25,27,30,33,36-37H,9-21,26H2,1-8H3. The van der Waals surface area contributed by atoms with Gasteiger partial charge < -0.3 is 14.8 Å². The summed E-state index contributed by atoms with van der Waals surface area (Å²) in [5.41, 5.74) is 8.07. The van der Waals surface area contributed by atoms with Gasteiger partial charge in [0.15, 0.2) is 0 Å². The molecule has 0 fully saturated rings. The van der Waals surface area contributed by atoms with Crippen molar-refractivity contribution in [2.75, 3.05) is 13.7 Å². The van der Waals surface area contributed by atoms with Crippen LogP contribution in [0.4, 0.5) is 0 Å². The number of ether oxygens (including phenoxy) is 2. The van der Waals surface area contributed by atoms with Crippen LogP contribution in [0.3, 0.4) is 0 Å². The van der Waals surface area contributed by atoms with E-state index in [2.05, 4.69) is 78.0 Å². The van der Waals surface area contributed by atoms with Crippen LogP contribution < -0.4 is 5.32 Å². The number of dihydropyridines is 1. The van der Waals surface area contributed by atoms with Crippen LogP contribution in [0.15, 0.2) is 46.8 Å². The normalized spacial score (nSPS) is 17.6. The zero-order valence-electron chi connectivity index (χ0n) is 26.8. The van der Waals surface area contributed by atoms with Gasteiger partial charge in [-0.05, 0) is 68.7 Å². The summed E-state index contributed by atoms with van der Waals surface area (Å²) >= 11 is 0. The second kappa shape index (κ2) is 18.7. The Morgan fingerprint density at radius 1 is 0.744 bits per heavy atom. The molecule has 222 valence electrons. The van der Waals surface area contributed by atoms with E-state index in [1.165, 1.54) is 104 Å². The summed E-state index contributed by atoms with van der Waals surface area (Å²) in [6, 6.07) is 9.37. The van der Waals surface area contributed by atoms with E-state index in [9.17, 15) is 0 Å². The van der Waals surface area contributed by atoms with Crippen LogP contribution in [0, 0.1) is 5.92 Å². The van der Waals surface area contributed by atoms with Crippen LogP contribution in [0.5, 0.6) is 0 Å². The molecule has 0 bridgehead atoms. The molecule has 3 unspecified atom stereocenters. The Labute approximate surface area is 242 Å². The number of methoxy groups -OCH3 is 1. The van der Waals surface area contributed by atoms with E-state index in [1.807, 2.05) is 7.11 Å². The molecule has 2 rings (SSSR count). The number of rotatable bonds is 20. The first-order chi connectivity index (χ1) is 18.8. The molecular weight excluding hydrogens is 478 g/mol. The fraction of sp³-hybridized carbons (Fsp3) is 0.722. The highest BCUT2D eigenvalue weighted by atomic mass is 16.5. The van der Waals surface area contributed by atoms with Gasteiger partial charge in [0.25, 0.3) is 0 Å². The van der Waals surface area contributed by atoms with Crippen molar-refractivity contribution >= 4 is 0 Å². The van der Waals surface area contributed by atoms with E-state index in [0.29, 0.717) is 12.0 Å². The zero-order chi connectivity index (χ0) is 28.6. The lowest BCUT2D eigenvalue weighted by Gasteiger charge is -2.37. The molecule has 3 heteroatoms. The molecule has 0 radical (unpaired) electrons. The van der Waals surface area contributed by atoms with Gasteiger partial charge in [0.2, 0.25) is 0 Å². The number of benzene rings is 1. The zero-order valence-corrected chi connectivity index (χ0v) is 26.8. The van der Waals surface area contributed by atoms with Gasteiger partial charge in [-0.1, -0.05) is 116 Å². The van der Waals surface area contributed by atoms with Crippen molar-refractivity contribution in [3.05, 3.63) is 57.9 Å². The SMILES string of the molecule is CCCCCCCCCCCCCC(Cc1ccc(C2C(C(C)C)=C(C)NC(C)=C2C(C)OC)cc1)OCC. The maximum atomic E-state index is 6.18. The van der Waals surface area contributed by atoms with Gasteiger partial charge in [-0.2, -0.15) is 0 Å². The Bertz CT molecular complexity index is 867. The Kier molecular flexibility index (Phi) is 16.1. The Morgan fingerprint density at radius 3 is 1.79 bits per heavy atom. The molecule has 0 aromatic heterocycles. The van der Waals surface area contributed by atoms with E-state index in [0.717, 1.165) is 19.4 Å². The summed E-state index contributed by atoms with van der Waals surface area (Å²) in [5.74, 6) is 0.719. The largest absolute Gasteiger partial charge is 0.378 e. The topological polar surface area (TPSA) is 30.5 Å². The van der Waals surface area contributed by atoms with E-state index in [4.69, 9.17) is 9.47 Å². The minimum atomic E-state index is 0.0668. The number of nitrogens with one attached hydrogen (secondary N) is 1. The van der Waals surface area contributed by atoms with Gasteiger partial charge in [-0.25, -0.2) is 0 Å². The predicted molar refractivity (Wildman–Crippen MR) is 169 cm³/mol. The van der Waals surface area contributed by atoms with Crippen LogP contribution >= 0.6 is 0 Å². The summed E-state index contributed by atoms with van der Waals surface area (Å²) in [6.45, 7) is 16.4. The van der Waals surface area contributed by atoms with Crippen LogP contribution in [-0.2, 0) is 15.9 Å². The summed E-state index contributed by atoms with van der Waals surface area (Å²) in [6.07, 6.45) is 17.8. The van der Waals surface area contributed by atoms with E-state index < -0.39 is 0 Å². The van der Waals surface area contributed by atoms with Gasteiger partial charge >= 0.3 is 0 Å². The average molecular weight is 540 g/mol. The second-order valence-electron chi connectivity index (χ2n) is 12.1. The molecule has 1 aromatic rings. The predicted octanol–water partition coefficient (Wildman–Crippen LogP) is 10.3. The molecule has 1 N–H and O–H groups in total. The Morgan fingerprint density at radius 2 is 1.28 bits per heavy atom. The molecule has 0 saturated heterocycles. The maximum Gasteiger partial charge on any atom is 0.0781 e. The van der Waals surface area contributed by atoms with Gasteiger partial charge in [0, 0.05) is 31.0 Å². The number of hydrogen-bond donors (Lipinski definition) is 1. The highest BCUT2D eigenvalue weighted by molar-refractivity contribution is 5.48. The lowest BCUT2D eigenvalue weighted by molar-refractivity contribution is 0.0552. The minimum Gasteiger partial charge on any atom is -0.378 e. The monoisotopic (exact) mass is 539 g/mol. The van der Waals surface area contributed by atoms with Crippen LogP contribution in [0.25, 0.3) is 0 Å². The van der Waals surface area contributed by atoms with Crippen LogP contribution in [-0.4, -0.2) is 25.9 Å². The maximum absolute atomic E-state index is 6.18. The highest BCUT2D eigenvalue weighted by Crippen LogP contribution is 2.43. The smallest absolute Gasteiger partial charge is 0.0781 e. The molecule has 1 aliphatic rings. The van der Waals surface area contributed by atoms with Crippen molar-refractivity contribution in [3.8, 4) is 0 Å². The number of allylic oxidation sites excluding steroid dienone is 3. The Balaban J connectivity index is 1.93. The van der Waals surface area contributed by atoms with Gasteiger partial charge in [-0.3, -0.25) is 0 Å². The second-order valence-corrected chi connectivity index (χ2v) is 12.1. The molecular formula is C36H61NO2. The quantitative estimate of drug-likeness (QED) is 0.167. The molecule has 3 atom stereocenters. The third-order valence-corrected chi connectivity index (χ3v) is 8.59. The molecule has 1 aromatic carbocycles. The lowest BCUT2D eigenvalue weighted by Crippen LogP contribution is -2.31. The van der Waals surface area contributed by atoms with E-state index >= 15 is 0 Å². The van der Waals surface area contributed by atoms with Crippen LogP contribution in [0.1, 0.15) is 143 Å². The summed E-state index contributed by atoms with van der Waals surface area (Å²) in [4.78, 5) is 0. The van der Waals surface area contributed by atoms with Crippen molar-refractivity contribution in [3.63, 3.8) is 0 Å². The summed E-state index contributed by atoms with van der Waals surface area (Å²) in [5, 5.41) is 3.64. The van der Waals surface area contributed by atoms with Gasteiger partial charge in [0.1, 0.15) is 0 Å². The first kappa shape index (κ1) is 33.6. The molecule has 0 aliphatic carbocycles. The van der Waals surface area contributed by atoms with E-state index in [-0.39, 0.29) is 12.0 Å². The first-order valence-corrected chi connectivity index (χ1v) is 16.2. The fourth-order valence-electron chi connectivity index (χ4n) is 6.44. The first-order valence-electron chi connectivity index (χ1n) is 16.2. The highest BCUT2D eigenvalue weighted by Gasteiger charge is 2.33. The van der Waals surface area contributed by atoms with Crippen molar-refractivity contribution < 1.29 is 9.47 Å². The lowest BCUT2D eigenvalue weighted by atomic mass is 9.74. The van der Waals surface area contributed by atoms with E-state index in [1.54, 1.807) is 0 Å². The van der Waals surface area contributed by atoms with Crippen molar-refractivity contribution in [2.45, 2.75) is 150 Å². The number of hydrogen-bond acceptors (Lipinski definition) is 3. The molecule has 0 spiro atoms. The summed E-state index contributed by atoms with van der Waals surface area (Å²) < 4.78 is 12.0. The average Bonchev–Trinajstić information content (AvgIpc) is 2.91. The molecule has 0 amide bonds. The number of unbranched alkanes of at least 4 members (excludes halogenated alkanes) is 10. The van der Waals surface area contributed by atoms with Gasteiger partial charge in [0.05, 0.1) is 12.2 Å². The minimum absolute atomic E-state index is 0.0668.